The monoisotopic (exact) mass is 394 g/mol. The normalized spacial score (nSPS) is 16.4. The number of carbonyl (C=O) groups excluding carboxylic acids is 1. The zero-order valence-electron chi connectivity index (χ0n) is 17.7. The molecule has 0 bridgehead atoms. The summed E-state index contributed by atoms with van der Waals surface area (Å²) in [6, 6.07) is 6.63. The maximum Gasteiger partial charge on any atom is 0.408 e. The molecule has 1 amide bonds. The molecule has 0 aliphatic rings. The third-order valence-electron chi connectivity index (χ3n) is 4.81. The fourth-order valence-electron chi connectivity index (χ4n) is 3.46. The number of aliphatic carboxylic acids is 1. The minimum atomic E-state index is -2.57. The van der Waals surface area contributed by atoms with Gasteiger partial charge in [0.15, 0.2) is 5.54 Å². The molecule has 0 unspecified atom stereocenters. The molecule has 8 heteroatoms. The zero-order chi connectivity index (χ0) is 22.1. The molecule has 28 heavy (non-hydrogen) atoms. The summed E-state index contributed by atoms with van der Waals surface area (Å²) in [6.45, 7) is 12.8. The van der Waals surface area contributed by atoms with E-state index in [2.05, 4.69) is 5.32 Å². The first-order valence-corrected chi connectivity index (χ1v) is 8.95. The fraction of sp³-hybridized carbons (Fsp3) is 0.600. The summed E-state index contributed by atoms with van der Waals surface area (Å²) in [5.41, 5.74) is -5.22. The number of carboxylic acid groups (broad SMARTS) is 1. The molecule has 0 radical (unpaired) electrons. The van der Waals surface area contributed by atoms with Crippen molar-refractivity contribution in [2.24, 2.45) is 5.41 Å². The molecular formula is C20H30N2O6. The first kappa shape index (κ1) is 23.4. The van der Waals surface area contributed by atoms with Crippen LogP contribution in [0.5, 0.6) is 0 Å². The third kappa shape index (κ3) is 4.10. The van der Waals surface area contributed by atoms with Crippen molar-refractivity contribution in [3.8, 4) is 0 Å². The summed E-state index contributed by atoms with van der Waals surface area (Å²) < 4.78 is 5.32. The van der Waals surface area contributed by atoms with Crippen molar-refractivity contribution in [1.82, 2.24) is 5.32 Å². The van der Waals surface area contributed by atoms with Crippen molar-refractivity contribution in [3.05, 3.63) is 45.5 Å². The van der Waals surface area contributed by atoms with E-state index in [1.54, 1.807) is 65.8 Å². The molecule has 8 nitrogen and oxygen atoms in total. The van der Waals surface area contributed by atoms with Crippen LogP contribution in [0.2, 0.25) is 0 Å². The summed E-state index contributed by atoms with van der Waals surface area (Å²) >= 11 is 0. The van der Waals surface area contributed by atoms with Gasteiger partial charge in [0.05, 0.1) is 0 Å². The van der Waals surface area contributed by atoms with Gasteiger partial charge < -0.3 is 15.2 Å². The molecule has 0 saturated carbocycles. The van der Waals surface area contributed by atoms with Gasteiger partial charge in [-0.3, -0.25) is 10.1 Å². The Morgan fingerprint density at radius 1 is 1.04 bits per heavy atom. The van der Waals surface area contributed by atoms with E-state index in [1.807, 2.05) is 6.92 Å². The first-order chi connectivity index (χ1) is 12.5. The molecule has 1 aromatic carbocycles. The van der Waals surface area contributed by atoms with Crippen molar-refractivity contribution in [3.63, 3.8) is 0 Å². The van der Waals surface area contributed by atoms with Gasteiger partial charge in [-0.1, -0.05) is 50.6 Å². The van der Waals surface area contributed by atoms with Crippen LogP contribution in [0.25, 0.3) is 0 Å². The smallest absolute Gasteiger partial charge is 0.408 e. The van der Waals surface area contributed by atoms with E-state index >= 15 is 0 Å². The number of benzene rings is 1. The number of alkyl carbamates (subject to hydrolysis) is 1. The summed E-state index contributed by atoms with van der Waals surface area (Å²) in [5, 5.41) is 24.6. The molecule has 0 aromatic heterocycles. The van der Waals surface area contributed by atoms with Crippen LogP contribution in [0, 0.1) is 22.5 Å². The number of rotatable bonds is 5. The van der Waals surface area contributed by atoms with Crippen molar-refractivity contribution in [2.75, 3.05) is 0 Å². The topological polar surface area (TPSA) is 119 Å². The molecule has 0 saturated heterocycles. The molecule has 0 aliphatic carbocycles. The van der Waals surface area contributed by atoms with E-state index in [0.717, 1.165) is 12.5 Å². The van der Waals surface area contributed by atoms with Crippen molar-refractivity contribution in [1.29, 1.82) is 0 Å². The molecular weight excluding hydrogens is 364 g/mol. The summed E-state index contributed by atoms with van der Waals surface area (Å²) in [6.07, 6.45) is -0.933. The molecule has 156 valence electrons. The van der Waals surface area contributed by atoms with Gasteiger partial charge in [-0.15, -0.1) is 0 Å². The van der Waals surface area contributed by atoms with Crippen LogP contribution in [-0.4, -0.2) is 33.2 Å². The standard InChI is InChI=1S/C20H30N2O6/c1-13-9-11-14(12-10-13)20(17(2,3)4,19(8,15(23)24)22(26)27)21-16(25)28-18(5,6)7/h9-12H,1-8H3,(H,21,25)(H,23,24)/t19-,20-/m0/s1. The van der Waals surface area contributed by atoms with Crippen LogP contribution in [0.15, 0.2) is 24.3 Å². The van der Waals surface area contributed by atoms with Gasteiger partial charge in [-0.2, -0.15) is 0 Å². The van der Waals surface area contributed by atoms with Gasteiger partial charge in [-0.05, 0) is 38.7 Å². The molecule has 0 heterocycles. The quantitative estimate of drug-likeness (QED) is 0.578. The predicted octanol–water partition coefficient (Wildman–Crippen LogP) is 3.88. The Kier molecular flexibility index (Phi) is 6.19. The number of amides is 1. The number of nitro groups is 1. The highest BCUT2D eigenvalue weighted by Crippen LogP contribution is 2.49. The molecule has 0 aliphatic heterocycles. The third-order valence-corrected chi connectivity index (χ3v) is 4.81. The van der Waals surface area contributed by atoms with Crippen LogP contribution >= 0.6 is 0 Å². The summed E-state index contributed by atoms with van der Waals surface area (Å²) in [5.74, 6) is -1.66. The largest absolute Gasteiger partial charge is 0.476 e. The minimum absolute atomic E-state index is 0.304. The minimum Gasteiger partial charge on any atom is -0.476 e. The van der Waals surface area contributed by atoms with Crippen LogP contribution in [0.1, 0.15) is 59.6 Å². The number of hydrogen-bond donors (Lipinski definition) is 2. The highest BCUT2D eigenvalue weighted by molar-refractivity contribution is 5.82. The van der Waals surface area contributed by atoms with E-state index in [-0.39, 0.29) is 0 Å². The Bertz CT molecular complexity index is 744. The van der Waals surface area contributed by atoms with E-state index in [0.29, 0.717) is 5.56 Å². The lowest BCUT2D eigenvalue weighted by atomic mass is 9.59. The molecule has 1 aromatic rings. The lowest BCUT2D eigenvalue weighted by Crippen LogP contribution is -2.72. The Labute approximate surface area is 165 Å². The second-order valence-corrected chi connectivity index (χ2v) is 9.13. The molecule has 0 spiro atoms. The van der Waals surface area contributed by atoms with E-state index < -0.39 is 39.1 Å². The average molecular weight is 394 g/mol. The first-order valence-electron chi connectivity index (χ1n) is 8.95. The highest BCUT2D eigenvalue weighted by Gasteiger charge is 2.70. The molecule has 1 rings (SSSR count). The van der Waals surface area contributed by atoms with Crippen LogP contribution in [-0.2, 0) is 15.1 Å². The number of nitrogens with zero attached hydrogens (tertiary/aromatic N) is 1. The second-order valence-electron chi connectivity index (χ2n) is 9.13. The maximum absolute atomic E-state index is 12.7. The Hall–Kier alpha value is -2.64. The van der Waals surface area contributed by atoms with Crippen LogP contribution in [0.3, 0.4) is 0 Å². The Balaban J connectivity index is 3.90. The van der Waals surface area contributed by atoms with Crippen LogP contribution in [0.4, 0.5) is 4.79 Å². The van der Waals surface area contributed by atoms with Gasteiger partial charge in [0.25, 0.3) is 0 Å². The average Bonchev–Trinajstić information content (AvgIpc) is 2.49. The van der Waals surface area contributed by atoms with Crippen molar-refractivity contribution < 1.29 is 24.4 Å². The number of carboxylic acids is 1. The Morgan fingerprint density at radius 2 is 1.50 bits per heavy atom. The summed E-state index contributed by atoms with van der Waals surface area (Å²) in [7, 11) is 0. The van der Waals surface area contributed by atoms with Crippen molar-refractivity contribution in [2.45, 2.75) is 72.1 Å². The van der Waals surface area contributed by atoms with E-state index in [9.17, 15) is 24.8 Å². The lowest BCUT2D eigenvalue weighted by Gasteiger charge is -2.49. The SMILES string of the molecule is Cc1ccc([C@](NC(=O)OC(C)(C)C)(C(C)(C)C)[C@](C)(C(=O)O)[N+](=O)[O-])cc1. The maximum atomic E-state index is 12.7. The number of hydrogen-bond acceptors (Lipinski definition) is 5. The van der Waals surface area contributed by atoms with Gasteiger partial charge >= 0.3 is 17.6 Å². The fourth-order valence-corrected chi connectivity index (χ4v) is 3.46. The second kappa shape index (κ2) is 7.41. The molecule has 2 N–H and O–H groups in total. The van der Waals surface area contributed by atoms with Gasteiger partial charge in [0, 0.05) is 11.8 Å². The molecule has 2 atom stereocenters. The van der Waals surface area contributed by atoms with E-state index in [1.165, 1.54) is 0 Å². The molecule has 0 fully saturated rings. The van der Waals surface area contributed by atoms with Gasteiger partial charge in [-0.25, -0.2) is 9.59 Å². The zero-order valence-corrected chi connectivity index (χ0v) is 17.7. The van der Waals surface area contributed by atoms with Crippen LogP contribution < -0.4 is 5.32 Å². The number of aryl methyl sites for hydroxylation is 1. The number of carbonyl (C=O) groups is 2. The predicted molar refractivity (Wildman–Crippen MR) is 105 cm³/mol. The Morgan fingerprint density at radius 3 is 1.82 bits per heavy atom. The van der Waals surface area contributed by atoms with Gasteiger partial charge in [0.2, 0.25) is 0 Å². The summed E-state index contributed by atoms with van der Waals surface area (Å²) in [4.78, 5) is 36.2. The number of ether oxygens (including phenoxy) is 1. The van der Waals surface area contributed by atoms with Gasteiger partial charge in [0.1, 0.15) is 5.60 Å². The number of nitrogens with one attached hydrogen (secondary N) is 1. The van der Waals surface area contributed by atoms with Crippen molar-refractivity contribution >= 4 is 12.1 Å². The highest BCUT2D eigenvalue weighted by atomic mass is 16.6. The lowest BCUT2D eigenvalue weighted by molar-refractivity contribution is -0.570. The van der Waals surface area contributed by atoms with E-state index in [4.69, 9.17) is 4.74 Å².